The van der Waals surface area contributed by atoms with Crippen LogP contribution in [0.15, 0.2) is 36.7 Å². The summed E-state index contributed by atoms with van der Waals surface area (Å²) in [5.74, 6) is 0.858. The van der Waals surface area contributed by atoms with Crippen molar-refractivity contribution in [1.29, 1.82) is 0 Å². The van der Waals surface area contributed by atoms with Crippen LogP contribution in [0.3, 0.4) is 0 Å². The van der Waals surface area contributed by atoms with Crippen LogP contribution >= 0.6 is 0 Å². The van der Waals surface area contributed by atoms with E-state index in [0.717, 1.165) is 37.6 Å². The summed E-state index contributed by atoms with van der Waals surface area (Å²) in [7, 11) is 1.67. The third-order valence-electron chi connectivity index (χ3n) is 4.15. The van der Waals surface area contributed by atoms with Crippen LogP contribution in [0.1, 0.15) is 23.7 Å². The lowest BCUT2D eigenvalue weighted by atomic mass is 10.00. The molecule has 3 rings (SSSR count). The number of fused-ring (bicyclic) bond motifs is 1. The van der Waals surface area contributed by atoms with Gasteiger partial charge in [0.1, 0.15) is 12.1 Å². The van der Waals surface area contributed by atoms with Gasteiger partial charge >= 0.3 is 0 Å². The average Bonchev–Trinajstić information content (AvgIpc) is 2.55. The first kappa shape index (κ1) is 15.9. The van der Waals surface area contributed by atoms with E-state index in [4.69, 9.17) is 4.74 Å². The fourth-order valence-electron chi connectivity index (χ4n) is 3.10. The third-order valence-corrected chi connectivity index (χ3v) is 4.15. The van der Waals surface area contributed by atoms with Crippen LogP contribution in [0.4, 0.5) is 5.82 Å². The summed E-state index contributed by atoms with van der Waals surface area (Å²) >= 11 is 0. The van der Waals surface area contributed by atoms with Crippen LogP contribution in [-0.4, -0.2) is 41.1 Å². The van der Waals surface area contributed by atoms with Crippen LogP contribution in [0.25, 0.3) is 0 Å². The van der Waals surface area contributed by atoms with Gasteiger partial charge in [-0.15, -0.1) is 0 Å². The first-order valence-corrected chi connectivity index (χ1v) is 8.10. The van der Waals surface area contributed by atoms with Crippen LogP contribution < -0.4 is 5.32 Å². The molecule has 1 aliphatic rings. The van der Waals surface area contributed by atoms with Crippen molar-refractivity contribution in [3.8, 4) is 0 Å². The Hall–Kier alpha value is -1.98. The fourth-order valence-corrected chi connectivity index (χ4v) is 3.10. The second-order valence-corrected chi connectivity index (χ2v) is 6.13. The van der Waals surface area contributed by atoms with E-state index in [0.29, 0.717) is 12.6 Å². The highest BCUT2D eigenvalue weighted by atomic mass is 16.5. The molecule has 5 nitrogen and oxygen atoms in total. The van der Waals surface area contributed by atoms with Crippen molar-refractivity contribution in [2.24, 2.45) is 0 Å². The lowest BCUT2D eigenvalue weighted by Gasteiger charge is -2.31. The lowest BCUT2D eigenvalue weighted by Crippen LogP contribution is -2.38. The van der Waals surface area contributed by atoms with E-state index in [-0.39, 0.29) is 0 Å². The zero-order valence-electron chi connectivity index (χ0n) is 13.8. The largest absolute Gasteiger partial charge is 0.378 e. The van der Waals surface area contributed by atoms with Gasteiger partial charge in [0.2, 0.25) is 0 Å². The van der Waals surface area contributed by atoms with Gasteiger partial charge in [-0.1, -0.05) is 24.3 Å². The Kier molecular flexibility index (Phi) is 5.20. The number of hydrogen-bond donors (Lipinski definition) is 1. The summed E-state index contributed by atoms with van der Waals surface area (Å²) in [6.45, 7) is 5.84. The van der Waals surface area contributed by atoms with Crippen molar-refractivity contribution >= 4 is 5.82 Å². The minimum absolute atomic E-state index is 0.325. The number of ether oxygens (including phenoxy) is 1. The highest BCUT2D eigenvalue weighted by molar-refractivity contribution is 5.36. The molecule has 0 unspecified atom stereocenters. The Morgan fingerprint density at radius 1 is 1.26 bits per heavy atom. The number of hydrogen-bond acceptors (Lipinski definition) is 5. The Morgan fingerprint density at radius 2 is 2.09 bits per heavy atom. The van der Waals surface area contributed by atoms with Crippen LogP contribution in [0.2, 0.25) is 0 Å². The number of nitrogens with zero attached hydrogens (tertiary/aromatic N) is 3. The number of methoxy groups -OCH3 is 1. The predicted octanol–water partition coefficient (Wildman–Crippen LogP) is 2.48. The van der Waals surface area contributed by atoms with Gasteiger partial charge in [-0.05, 0) is 24.5 Å². The van der Waals surface area contributed by atoms with E-state index in [1.54, 1.807) is 13.4 Å². The topological polar surface area (TPSA) is 50.3 Å². The molecule has 0 bridgehead atoms. The molecule has 23 heavy (non-hydrogen) atoms. The molecule has 2 aromatic rings. The average molecular weight is 312 g/mol. The highest BCUT2D eigenvalue weighted by Crippen LogP contribution is 2.19. The number of nitrogens with one attached hydrogen (secondary N) is 1. The molecule has 0 radical (unpaired) electrons. The molecule has 122 valence electrons. The molecule has 0 aliphatic carbocycles. The van der Waals surface area contributed by atoms with Gasteiger partial charge in [-0.2, -0.15) is 0 Å². The maximum Gasteiger partial charge on any atom is 0.129 e. The Bertz CT molecular complexity index is 646. The molecule has 1 atom stereocenters. The van der Waals surface area contributed by atoms with Crippen molar-refractivity contribution in [1.82, 2.24) is 14.9 Å². The number of benzene rings is 1. The summed E-state index contributed by atoms with van der Waals surface area (Å²) in [4.78, 5) is 11.0. The molecule has 1 aromatic carbocycles. The Morgan fingerprint density at radius 3 is 2.91 bits per heavy atom. The first-order valence-electron chi connectivity index (χ1n) is 8.10. The molecular weight excluding hydrogens is 288 g/mol. The van der Waals surface area contributed by atoms with E-state index in [9.17, 15) is 0 Å². The summed E-state index contributed by atoms with van der Waals surface area (Å²) in [6.07, 6.45) is 2.72. The van der Waals surface area contributed by atoms with Gasteiger partial charge < -0.3 is 10.1 Å². The van der Waals surface area contributed by atoms with Crippen molar-refractivity contribution in [2.45, 2.75) is 32.5 Å². The van der Waals surface area contributed by atoms with Crippen molar-refractivity contribution in [2.75, 3.05) is 25.5 Å². The van der Waals surface area contributed by atoms with Crippen molar-refractivity contribution in [3.63, 3.8) is 0 Å². The molecule has 5 heteroatoms. The maximum absolute atomic E-state index is 5.12. The fraction of sp³-hybridized carbons (Fsp3) is 0.444. The molecule has 1 N–H and O–H groups in total. The van der Waals surface area contributed by atoms with E-state index in [2.05, 4.69) is 51.4 Å². The minimum Gasteiger partial charge on any atom is -0.378 e. The van der Waals surface area contributed by atoms with Crippen LogP contribution in [-0.2, 0) is 24.3 Å². The number of anilines is 1. The van der Waals surface area contributed by atoms with Gasteiger partial charge in [-0.25, -0.2) is 9.97 Å². The molecule has 0 saturated carbocycles. The van der Waals surface area contributed by atoms with Gasteiger partial charge in [0.05, 0.1) is 12.3 Å². The second-order valence-electron chi connectivity index (χ2n) is 6.13. The van der Waals surface area contributed by atoms with Gasteiger partial charge in [0.25, 0.3) is 0 Å². The Labute approximate surface area is 137 Å². The number of rotatable bonds is 6. The normalized spacial score (nSPS) is 15.9. The van der Waals surface area contributed by atoms with E-state index < -0.39 is 0 Å². The van der Waals surface area contributed by atoms with E-state index in [1.165, 1.54) is 11.1 Å². The molecule has 0 fully saturated rings. The molecule has 0 amide bonds. The molecule has 0 saturated heterocycles. The standard InChI is InChI=1S/C18H24N4O/c1-14(21-18-9-17(12-23-2)19-13-20-18)10-22-8-7-15-5-3-4-6-16(15)11-22/h3-6,9,13-14H,7-8,10-12H2,1-2H3,(H,19,20,21)/t14-/m0/s1. The quantitative estimate of drug-likeness (QED) is 0.888. The number of aromatic nitrogens is 2. The zero-order valence-corrected chi connectivity index (χ0v) is 13.8. The molecule has 1 aliphatic heterocycles. The van der Waals surface area contributed by atoms with Gasteiger partial charge in [-0.3, -0.25) is 4.90 Å². The van der Waals surface area contributed by atoms with E-state index >= 15 is 0 Å². The second kappa shape index (κ2) is 7.53. The minimum atomic E-state index is 0.325. The smallest absolute Gasteiger partial charge is 0.129 e. The summed E-state index contributed by atoms with van der Waals surface area (Å²) in [5.41, 5.74) is 3.84. The van der Waals surface area contributed by atoms with Gasteiger partial charge in [0, 0.05) is 38.9 Å². The van der Waals surface area contributed by atoms with Crippen LogP contribution in [0, 0.1) is 0 Å². The summed E-state index contributed by atoms with van der Waals surface area (Å²) in [6, 6.07) is 11.0. The molecule has 0 spiro atoms. The third kappa shape index (κ3) is 4.27. The predicted molar refractivity (Wildman–Crippen MR) is 91.3 cm³/mol. The molecular formula is C18H24N4O. The molecule has 2 heterocycles. The summed E-state index contributed by atoms with van der Waals surface area (Å²) < 4.78 is 5.12. The zero-order chi connectivity index (χ0) is 16.1. The van der Waals surface area contributed by atoms with Crippen molar-refractivity contribution < 1.29 is 4.74 Å². The maximum atomic E-state index is 5.12. The summed E-state index contributed by atoms with van der Waals surface area (Å²) in [5, 5.41) is 3.46. The van der Waals surface area contributed by atoms with Crippen molar-refractivity contribution in [3.05, 3.63) is 53.5 Å². The van der Waals surface area contributed by atoms with E-state index in [1.807, 2.05) is 6.07 Å². The molecule has 1 aromatic heterocycles. The first-order chi connectivity index (χ1) is 11.2. The highest BCUT2D eigenvalue weighted by Gasteiger charge is 2.17. The monoisotopic (exact) mass is 312 g/mol. The Balaban J connectivity index is 1.56. The SMILES string of the molecule is COCc1cc(N[C@@H](C)CN2CCc3ccccc3C2)ncn1. The van der Waals surface area contributed by atoms with Crippen LogP contribution in [0.5, 0.6) is 0 Å². The lowest BCUT2D eigenvalue weighted by molar-refractivity contribution is 0.181. The van der Waals surface area contributed by atoms with Gasteiger partial charge in [0.15, 0.2) is 0 Å².